The molecule has 0 saturated carbocycles. The van der Waals surface area contributed by atoms with Crippen LogP contribution in [-0.4, -0.2) is 23.9 Å². The number of benzene rings is 1. The van der Waals surface area contributed by atoms with Crippen LogP contribution in [0.1, 0.15) is 19.4 Å². The normalized spacial score (nSPS) is 14.8. The van der Waals surface area contributed by atoms with E-state index in [4.69, 9.17) is 4.74 Å². The highest BCUT2D eigenvalue weighted by Gasteiger charge is 2.22. The number of ether oxygens (including phenoxy) is 1. The van der Waals surface area contributed by atoms with E-state index in [0.29, 0.717) is 17.5 Å². The third-order valence-electron chi connectivity index (χ3n) is 2.20. The topological polar surface area (TPSA) is 29.5 Å². The van der Waals surface area contributed by atoms with Gasteiger partial charge in [0.2, 0.25) is 0 Å². The highest BCUT2D eigenvalue weighted by atomic mass is 79.9. The Morgan fingerprint density at radius 3 is 2.75 bits per heavy atom. The molecule has 16 heavy (non-hydrogen) atoms. The van der Waals surface area contributed by atoms with Crippen molar-refractivity contribution in [1.29, 1.82) is 0 Å². The van der Waals surface area contributed by atoms with Gasteiger partial charge in [0.25, 0.3) is 0 Å². The van der Waals surface area contributed by atoms with E-state index in [1.165, 1.54) is 12.1 Å². The van der Waals surface area contributed by atoms with E-state index in [9.17, 15) is 9.50 Å². The van der Waals surface area contributed by atoms with Crippen molar-refractivity contribution in [3.05, 3.63) is 34.1 Å². The first-order chi connectivity index (χ1) is 7.44. The van der Waals surface area contributed by atoms with Gasteiger partial charge in [-0.25, -0.2) is 4.39 Å². The molecule has 0 aliphatic heterocycles. The van der Waals surface area contributed by atoms with Crippen molar-refractivity contribution in [2.24, 2.45) is 0 Å². The summed E-state index contributed by atoms with van der Waals surface area (Å²) in [5.41, 5.74) is -0.0674. The van der Waals surface area contributed by atoms with Crippen LogP contribution in [0.2, 0.25) is 0 Å². The van der Waals surface area contributed by atoms with Gasteiger partial charge in [0.05, 0.1) is 12.2 Å². The lowest BCUT2D eigenvalue weighted by molar-refractivity contribution is -0.0297. The quantitative estimate of drug-likeness (QED) is 0.904. The first-order valence-corrected chi connectivity index (χ1v) is 5.98. The Bertz CT molecular complexity index is 353. The molecule has 1 aromatic rings. The average Bonchev–Trinajstić information content (AvgIpc) is 2.19. The molecule has 1 unspecified atom stereocenters. The standard InChI is InChI=1S/C12H16BrFO2/c1-3-16-8-12(2,15)7-9-4-5-10(14)6-11(9)13/h4-6,15H,3,7-8H2,1-2H3. The van der Waals surface area contributed by atoms with Gasteiger partial charge in [-0.15, -0.1) is 0 Å². The molecule has 0 spiro atoms. The second-order valence-electron chi connectivity index (χ2n) is 4.05. The minimum Gasteiger partial charge on any atom is -0.387 e. The minimum absolute atomic E-state index is 0.271. The molecule has 4 heteroatoms. The fourth-order valence-corrected chi connectivity index (χ4v) is 1.94. The predicted octanol–water partition coefficient (Wildman–Crippen LogP) is 2.92. The summed E-state index contributed by atoms with van der Waals surface area (Å²) in [5, 5.41) is 10.1. The zero-order valence-electron chi connectivity index (χ0n) is 9.46. The maximum Gasteiger partial charge on any atom is 0.124 e. The number of hydrogen-bond acceptors (Lipinski definition) is 2. The summed E-state index contributed by atoms with van der Waals surface area (Å²) in [4.78, 5) is 0. The zero-order valence-corrected chi connectivity index (χ0v) is 11.1. The van der Waals surface area contributed by atoms with Gasteiger partial charge in [-0.3, -0.25) is 0 Å². The van der Waals surface area contributed by atoms with E-state index in [1.54, 1.807) is 13.0 Å². The van der Waals surface area contributed by atoms with E-state index in [1.807, 2.05) is 6.92 Å². The maximum absolute atomic E-state index is 12.9. The van der Waals surface area contributed by atoms with Gasteiger partial charge >= 0.3 is 0 Å². The average molecular weight is 291 g/mol. The zero-order chi connectivity index (χ0) is 12.2. The molecule has 0 bridgehead atoms. The largest absolute Gasteiger partial charge is 0.387 e. The van der Waals surface area contributed by atoms with Crippen molar-refractivity contribution >= 4 is 15.9 Å². The van der Waals surface area contributed by atoms with E-state index in [2.05, 4.69) is 15.9 Å². The maximum atomic E-state index is 12.9. The fourth-order valence-electron chi connectivity index (χ4n) is 1.45. The molecule has 1 N–H and O–H groups in total. The van der Waals surface area contributed by atoms with Gasteiger partial charge in [-0.05, 0) is 31.5 Å². The van der Waals surface area contributed by atoms with Crippen LogP contribution in [0.15, 0.2) is 22.7 Å². The van der Waals surface area contributed by atoms with Crippen LogP contribution < -0.4 is 0 Å². The molecule has 0 aromatic heterocycles. The first-order valence-electron chi connectivity index (χ1n) is 5.18. The summed E-state index contributed by atoms with van der Waals surface area (Å²) >= 11 is 3.28. The summed E-state index contributed by atoms with van der Waals surface area (Å²) in [5.74, 6) is -0.292. The molecular formula is C12H16BrFO2. The fraction of sp³-hybridized carbons (Fsp3) is 0.500. The van der Waals surface area contributed by atoms with Crippen molar-refractivity contribution in [2.75, 3.05) is 13.2 Å². The summed E-state index contributed by atoms with van der Waals surface area (Å²) in [7, 11) is 0. The van der Waals surface area contributed by atoms with Gasteiger partial charge in [0.1, 0.15) is 5.82 Å². The molecule has 1 rings (SSSR count). The van der Waals surface area contributed by atoms with Gasteiger partial charge in [0, 0.05) is 17.5 Å². The molecule has 0 radical (unpaired) electrons. The number of rotatable bonds is 5. The lowest BCUT2D eigenvalue weighted by Gasteiger charge is -2.23. The van der Waals surface area contributed by atoms with E-state index < -0.39 is 5.60 Å². The highest BCUT2D eigenvalue weighted by molar-refractivity contribution is 9.10. The second kappa shape index (κ2) is 5.75. The Morgan fingerprint density at radius 1 is 1.50 bits per heavy atom. The summed E-state index contributed by atoms with van der Waals surface area (Å²) in [6, 6.07) is 4.45. The molecule has 90 valence electrons. The Hall–Kier alpha value is -0.450. The molecule has 0 amide bonds. The third-order valence-corrected chi connectivity index (χ3v) is 2.94. The molecular weight excluding hydrogens is 275 g/mol. The molecule has 0 saturated heterocycles. The monoisotopic (exact) mass is 290 g/mol. The smallest absolute Gasteiger partial charge is 0.124 e. The highest BCUT2D eigenvalue weighted by Crippen LogP contribution is 2.23. The molecule has 0 aliphatic rings. The van der Waals surface area contributed by atoms with Crippen LogP contribution >= 0.6 is 15.9 Å². The lowest BCUT2D eigenvalue weighted by atomic mass is 9.97. The van der Waals surface area contributed by atoms with E-state index in [0.717, 1.165) is 5.56 Å². The van der Waals surface area contributed by atoms with Crippen LogP contribution in [0.25, 0.3) is 0 Å². The van der Waals surface area contributed by atoms with Crippen molar-refractivity contribution in [1.82, 2.24) is 0 Å². The predicted molar refractivity (Wildman–Crippen MR) is 64.9 cm³/mol. The van der Waals surface area contributed by atoms with Crippen LogP contribution in [0.5, 0.6) is 0 Å². The van der Waals surface area contributed by atoms with Gasteiger partial charge in [0.15, 0.2) is 0 Å². The molecule has 1 atom stereocenters. The third kappa shape index (κ3) is 4.20. The Morgan fingerprint density at radius 2 is 2.19 bits per heavy atom. The van der Waals surface area contributed by atoms with Crippen molar-refractivity contribution < 1.29 is 14.2 Å². The molecule has 1 aromatic carbocycles. The van der Waals surface area contributed by atoms with Gasteiger partial charge in [-0.2, -0.15) is 0 Å². The van der Waals surface area contributed by atoms with Gasteiger partial charge in [-0.1, -0.05) is 22.0 Å². The Kier molecular flexibility index (Phi) is 4.89. The van der Waals surface area contributed by atoms with Gasteiger partial charge < -0.3 is 9.84 Å². The first kappa shape index (κ1) is 13.6. The van der Waals surface area contributed by atoms with Crippen molar-refractivity contribution in [2.45, 2.75) is 25.9 Å². The van der Waals surface area contributed by atoms with Crippen LogP contribution in [0, 0.1) is 5.82 Å². The van der Waals surface area contributed by atoms with Crippen molar-refractivity contribution in [3.63, 3.8) is 0 Å². The number of aliphatic hydroxyl groups is 1. The minimum atomic E-state index is -0.934. The van der Waals surface area contributed by atoms with Crippen molar-refractivity contribution in [3.8, 4) is 0 Å². The number of hydrogen-bond donors (Lipinski definition) is 1. The summed E-state index contributed by atoms with van der Waals surface area (Å²) in [6.45, 7) is 4.43. The van der Waals surface area contributed by atoms with E-state index in [-0.39, 0.29) is 12.4 Å². The van der Waals surface area contributed by atoms with E-state index >= 15 is 0 Å². The lowest BCUT2D eigenvalue weighted by Crippen LogP contribution is -2.33. The second-order valence-corrected chi connectivity index (χ2v) is 4.90. The number of halogens is 2. The summed E-state index contributed by atoms with van der Waals surface area (Å²) in [6.07, 6.45) is 0.424. The van der Waals surface area contributed by atoms with Crippen LogP contribution in [0.4, 0.5) is 4.39 Å². The molecule has 0 aliphatic carbocycles. The molecule has 0 heterocycles. The Balaban J connectivity index is 2.71. The Labute approximate surface area is 104 Å². The van der Waals surface area contributed by atoms with Crippen LogP contribution in [0.3, 0.4) is 0 Å². The molecule has 0 fully saturated rings. The van der Waals surface area contributed by atoms with Crippen LogP contribution in [-0.2, 0) is 11.2 Å². The molecule has 2 nitrogen and oxygen atoms in total. The SMILES string of the molecule is CCOCC(C)(O)Cc1ccc(F)cc1Br. The summed E-state index contributed by atoms with van der Waals surface area (Å²) < 4.78 is 18.7.